The molecule has 1 heterocycles. The van der Waals surface area contributed by atoms with Crippen molar-refractivity contribution in [3.63, 3.8) is 0 Å². The van der Waals surface area contributed by atoms with Gasteiger partial charge < -0.3 is 0 Å². The van der Waals surface area contributed by atoms with E-state index in [-0.39, 0.29) is 21.4 Å². The first-order chi connectivity index (χ1) is 12.0. The van der Waals surface area contributed by atoms with E-state index >= 15 is 0 Å². The highest BCUT2D eigenvalue weighted by atomic mass is 35.5. The normalized spacial score (nSPS) is 10.5. The fourth-order valence-corrected chi connectivity index (χ4v) is 3.73. The van der Waals surface area contributed by atoms with Gasteiger partial charge in [-0.15, -0.1) is 0 Å². The van der Waals surface area contributed by atoms with Crippen molar-refractivity contribution in [1.82, 2.24) is 4.98 Å². The third-order valence-electron chi connectivity index (χ3n) is 3.40. The molecule has 3 rings (SSSR count). The number of amides is 1. The molecule has 0 radical (unpaired) electrons. The van der Waals surface area contributed by atoms with E-state index in [9.17, 15) is 9.59 Å². The molecule has 3 aromatic rings. The number of hydrogen-bond donors (Lipinski definition) is 1. The summed E-state index contributed by atoms with van der Waals surface area (Å²) in [6.07, 6.45) is 0. The fraction of sp³-hybridized carbons (Fsp3) is 0.0556. The van der Waals surface area contributed by atoms with Gasteiger partial charge in [-0.2, -0.15) is 0 Å². The Morgan fingerprint density at radius 2 is 1.64 bits per heavy atom. The van der Waals surface area contributed by atoms with Crippen LogP contribution in [0.5, 0.6) is 0 Å². The lowest BCUT2D eigenvalue weighted by molar-refractivity contribution is 0.101. The third-order valence-corrected chi connectivity index (χ3v) is 5.11. The first-order valence-electron chi connectivity index (χ1n) is 7.30. The Kier molecular flexibility index (Phi) is 5.18. The summed E-state index contributed by atoms with van der Waals surface area (Å²) in [4.78, 5) is 29.3. The number of ketones is 1. The molecule has 4 nitrogen and oxygen atoms in total. The zero-order chi connectivity index (χ0) is 18.0. The maximum Gasteiger partial charge on any atom is 0.260 e. The Morgan fingerprint density at radius 1 is 1.00 bits per heavy atom. The van der Waals surface area contributed by atoms with Gasteiger partial charge in [-0.3, -0.25) is 14.9 Å². The van der Waals surface area contributed by atoms with E-state index in [1.807, 2.05) is 30.3 Å². The summed E-state index contributed by atoms with van der Waals surface area (Å²) in [5.41, 5.74) is 1.52. The molecule has 0 fully saturated rings. The molecule has 7 heteroatoms. The summed E-state index contributed by atoms with van der Waals surface area (Å²) in [6.45, 7) is 1.47. The summed E-state index contributed by atoms with van der Waals surface area (Å²) in [6, 6.07) is 14.1. The molecule has 0 aliphatic rings. The van der Waals surface area contributed by atoms with Crippen LogP contribution in [0.4, 0.5) is 5.13 Å². The lowest BCUT2D eigenvalue weighted by atomic mass is 10.1. The third kappa shape index (κ3) is 3.74. The first-order valence-corrected chi connectivity index (χ1v) is 8.87. The summed E-state index contributed by atoms with van der Waals surface area (Å²) < 4.78 is 0. The van der Waals surface area contributed by atoms with Crippen molar-refractivity contribution in [3.8, 4) is 11.3 Å². The van der Waals surface area contributed by atoms with Gasteiger partial charge in [0, 0.05) is 12.5 Å². The van der Waals surface area contributed by atoms with Crippen molar-refractivity contribution in [1.29, 1.82) is 0 Å². The van der Waals surface area contributed by atoms with Crippen LogP contribution in [0.1, 0.15) is 27.0 Å². The zero-order valence-corrected chi connectivity index (χ0v) is 15.4. The minimum atomic E-state index is -0.473. The van der Waals surface area contributed by atoms with Gasteiger partial charge in [-0.25, -0.2) is 4.98 Å². The van der Waals surface area contributed by atoms with Crippen molar-refractivity contribution < 1.29 is 9.59 Å². The minimum Gasteiger partial charge on any atom is -0.298 e. The number of Topliss-reactive ketones (excluding diaryl/α,β-unsaturated/α-hetero) is 1. The Balaban J connectivity index is 1.96. The van der Waals surface area contributed by atoms with Gasteiger partial charge in [0.2, 0.25) is 0 Å². The first kappa shape index (κ1) is 17.6. The lowest BCUT2D eigenvalue weighted by Gasteiger charge is -2.05. The summed E-state index contributed by atoms with van der Waals surface area (Å²) in [5, 5.41) is 3.48. The van der Waals surface area contributed by atoms with Crippen LogP contribution in [-0.2, 0) is 0 Å². The van der Waals surface area contributed by atoms with Gasteiger partial charge in [0.15, 0.2) is 10.9 Å². The maximum absolute atomic E-state index is 12.5. The number of benzene rings is 2. The molecule has 2 aromatic carbocycles. The second kappa shape index (κ2) is 7.35. The van der Waals surface area contributed by atoms with Crippen LogP contribution in [0, 0.1) is 0 Å². The number of rotatable bonds is 4. The van der Waals surface area contributed by atoms with Crippen LogP contribution in [0.15, 0.2) is 48.5 Å². The molecule has 1 amide bonds. The minimum absolute atomic E-state index is 0.118. The van der Waals surface area contributed by atoms with E-state index in [1.165, 1.54) is 6.92 Å². The molecule has 0 unspecified atom stereocenters. The molecule has 25 heavy (non-hydrogen) atoms. The summed E-state index contributed by atoms with van der Waals surface area (Å²) >= 11 is 13.2. The molecule has 0 saturated heterocycles. The quantitative estimate of drug-likeness (QED) is 0.592. The number of nitrogens with zero attached hydrogens (tertiary/aromatic N) is 1. The molecule has 0 aliphatic heterocycles. The van der Waals surface area contributed by atoms with E-state index in [1.54, 1.807) is 18.2 Å². The largest absolute Gasteiger partial charge is 0.298 e. The molecule has 126 valence electrons. The van der Waals surface area contributed by atoms with Gasteiger partial charge in [0.25, 0.3) is 5.91 Å². The fourth-order valence-electron chi connectivity index (χ4n) is 2.28. The van der Waals surface area contributed by atoms with Gasteiger partial charge in [-0.05, 0) is 12.1 Å². The molecule has 0 atom stereocenters. The molecule has 0 bridgehead atoms. The van der Waals surface area contributed by atoms with Crippen molar-refractivity contribution in [2.24, 2.45) is 0 Å². The Hall–Kier alpha value is -2.21. The highest BCUT2D eigenvalue weighted by molar-refractivity contribution is 7.18. The second-order valence-corrected chi connectivity index (χ2v) is 6.98. The van der Waals surface area contributed by atoms with Crippen LogP contribution in [0.2, 0.25) is 10.0 Å². The highest BCUT2D eigenvalue weighted by Crippen LogP contribution is 2.32. The van der Waals surface area contributed by atoms with Gasteiger partial charge in [0.05, 0.1) is 26.2 Å². The average molecular weight is 391 g/mol. The number of thiazole rings is 1. The molecular formula is C18H12Cl2N2O2S. The van der Waals surface area contributed by atoms with Gasteiger partial charge in [-0.1, -0.05) is 70.9 Å². The zero-order valence-electron chi connectivity index (χ0n) is 13.0. The number of carbonyl (C=O) groups is 2. The number of anilines is 1. The smallest absolute Gasteiger partial charge is 0.260 e. The highest BCUT2D eigenvalue weighted by Gasteiger charge is 2.20. The lowest BCUT2D eigenvalue weighted by Crippen LogP contribution is -2.12. The number of halogens is 2. The Morgan fingerprint density at radius 3 is 2.24 bits per heavy atom. The Labute approximate surface area is 158 Å². The predicted molar refractivity (Wildman–Crippen MR) is 102 cm³/mol. The number of nitrogens with one attached hydrogen (secondary N) is 1. The summed E-state index contributed by atoms with van der Waals surface area (Å²) in [7, 11) is 0. The topological polar surface area (TPSA) is 59.1 Å². The van der Waals surface area contributed by atoms with E-state index in [4.69, 9.17) is 23.2 Å². The molecular weight excluding hydrogens is 379 g/mol. The maximum atomic E-state index is 12.5. The van der Waals surface area contributed by atoms with Crippen LogP contribution in [0.3, 0.4) is 0 Å². The standard InChI is InChI=1S/C18H12Cl2N2O2S/c1-10(23)16-15(11-6-3-2-4-7-11)21-18(25-16)22-17(24)14-12(19)8-5-9-13(14)20/h2-9H,1H3,(H,21,22,24). The predicted octanol–water partition coefficient (Wildman–Crippen LogP) is 5.57. The van der Waals surface area contributed by atoms with Crippen molar-refractivity contribution >= 4 is 51.4 Å². The van der Waals surface area contributed by atoms with E-state index < -0.39 is 5.91 Å². The van der Waals surface area contributed by atoms with Crippen molar-refractivity contribution in [2.75, 3.05) is 5.32 Å². The molecule has 1 aromatic heterocycles. The number of aromatic nitrogens is 1. The number of hydrogen-bond acceptors (Lipinski definition) is 4. The van der Waals surface area contributed by atoms with Crippen LogP contribution < -0.4 is 5.32 Å². The van der Waals surface area contributed by atoms with Crippen molar-refractivity contribution in [2.45, 2.75) is 6.92 Å². The Bertz CT molecular complexity index is 935. The molecule has 0 aliphatic carbocycles. The van der Waals surface area contributed by atoms with Gasteiger partial charge >= 0.3 is 0 Å². The van der Waals surface area contributed by atoms with Gasteiger partial charge in [0.1, 0.15) is 0 Å². The van der Waals surface area contributed by atoms with E-state index in [0.717, 1.165) is 16.9 Å². The second-order valence-electron chi connectivity index (χ2n) is 5.17. The molecule has 0 saturated carbocycles. The molecule has 0 spiro atoms. The average Bonchev–Trinajstić information content (AvgIpc) is 2.99. The monoisotopic (exact) mass is 390 g/mol. The van der Waals surface area contributed by atoms with Crippen LogP contribution in [0.25, 0.3) is 11.3 Å². The molecule has 1 N–H and O–H groups in total. The van der Waals surface area contributed by atoms with E-state index in [2.05, 4.69) is 10.3 Å². The SMILES string of the molecule is CC(=O)c1sc(NC(=O)c2c(Cl)cccc2Cl)nc1-c1ccccc1. The summed E-state index contributed by atoms with van der Waals surface area (Å²) in [5.74, 6) is -0.591. The van der Waals surface area contributed by atoms with Crippen LogP contribution in [-0.4, -0.2) is 16.7 Å². The van der Waals surface area contributed by atoms with E-state index in [0.29, 0.717) is 15.7 Å². The van der Waals surface area contributed by atoms with Crippen LogP contribution >= 0.6 is 34.5 Å². The van der Waals surface area contributed by atoms with Crippen molar-refractivity contribution in [3.05, 3.63) is 69.0 Å². The number of carbonyl (C=O) groups excluding carboxylic acids is 2.